The standard InChI is InChI=1S/C14H12O6/c1-19-10-6-9(14(17)18)11-7(12(10)20-2)4-3-5-8(11)13(15)16/h3-6H,1-2H3,(H,15,16)(H,17,18). The van der Waals surface area contributed by atoms with E-state index >= 15 is 0 Å². The first-order valence-electron chi connectivity index (χ1n) is 5.65. The summed E-state index contributed by atoms with van der Waals surface area (Å²) in [6.45, 7) is 0. The number of aromatic carboxylic acids is 2. The normalized spacial score (nSPS) is 10.3. The first-order chi connectivity index (χ1) is 9.51. The first-order valence-corrected chi connectivity index (χ1v) is 5.65. The van der Waals surface area contributed by atoms with Gasteiger partial charge in [0.2, 0.25) is 0 Å². The van der Waals surface area contributed by atoms with Crippen LogP contribution in [0.4, 0.5) is 0 Å². The van der Waals surface area contributed by atoms with E-state index in [-0.39, 0.29) is 22.3 Å². The molecule has 2 rings (SSSR count). The third-order valence-corrected chi connectivity index (χ3v) is 2.96. The van der Waals surface area contributed by atoms with Crippen LogP contribution in [0.1, 0.15) is 20.7 Å². The van der Waals surface area contributed by atoms with Crippen molar-refractivity contribution >= 4 is 22.7 Å². The zero-order valence-electron chi connectivity index (χ0n) is 10.8. The maximum Gasteiger partial charge on any atom is 0.336 e. The number of hydrogen-bond donors (Lipinski definition) is 2. The van der Waals surface area contributed by atoms with Gasteiger partial charge in [-0.3, -0.25) is 0 Å². The Kier molecular flexibility index (Phi) is 3.47. The van der Waals surface area contributed by atoms with Crippen LogP contribution in [0.2, 0.25) is 0 Å². The summed E-state index contributed by atoms with van der Waals surface area (Å²) in [5.74, 6) is -1.90. The highest BCUT2D eigenvalue weighted by Crippen LogP contribution is 2.39. The Hall–Kier alpha value is -2.76. The smallest absolute Gasteiger partial charge is 0.336 e. The van der Waals surface area contributed by atoms with Crippen LogP contribution >= 0.6 is 0 Å². The zero-order valence-corrected chi connectivity index (χ0v) is 10.8. The molecule has 0 heterocycles. The molecule has 0 amide bonds. The van der Waals surface area contributed by atoms with Crippen molar-refractivity contribution in [3.05, 3.63) is 35.4 Å². The highest BCUT2D eigenvalue weighted by Gasteiger charge is 2.21. The number of rotatable bonds is 4. The summed E-state index contributed by atoms with van der Waals surface area (Å²) < 4.78 is 10.3. The third-order valence-electron chi connectivity index (χ3n) is 2.96. The number of fused-ring (bicyclic) bond motifs is 1. The SMILES string of the molecule is COc1cc(C(=O)O)c2c(C(=O)O)cccc2c1OC. The molecule has 0 bridgehead atoms. The van der Waals surface area contributed by atoms with Gasteiger partial charge in [-0.25, -0.2) is 9.59 Å². The van der Waals surface area contributed by atoms with Crippen LogP contribution in [-0.2, 0) is 0 Å². The second-order valence-corrected chi connectivity index (χ2v) is 4.00. The molecular weight excluding hydrogens is 264 g/mol. The predicted molar refractivity (Wildman–Crippen MR) is 71.0 cm³/mol. The molecule has 0 saturated heterocycles. The Morgan fingerprint density at radius 2 is 1.65 bits per heavy atom. The number of hydrogen-bond acceptors (Lipinski definition) is 4. The van der Waals surface area contributed by atoms with Crippen LogP contribution in [0.15, 0.2) is 24.3 Å². The monoisotopic (exact) mass is 276 g/mol. The fourth-order valence-corrected chi connectivity index (χ4v) is 2.14. The van der Waals surface area contributed by atoms with E-state index in [1.54, 1.807) is 6.07 Å². The molecule has 2 aromatic rings. The summed E-state index contributed by atoms with van der Waals surface area (Å²) in [6.07, 6.45) is 0. The largest absolute Gasteiger partial charge is 0.493 e. The van der Waals surface area contributed by atoms with Gasteiger partial charge in [-0.1, -0.05) is 12.1 Å². The van der Waals surface area contributed by atoms with Crippen molar-refractivity contribution in [3.63, 3.8) is 0 Å². The van der Waals surface area contributed by atoms with E-state index in [9.17, 15) is 19.8 Å². The lowest BCUT2D eigenvalue weighted by Crippen LogP contribution is -2.06. The van der Waals surface area contributed by atoms with Crippen molar-refractivity contribution < 1.29 is 29.3 Å². The van der Waals surface area contributed by atoms with Crippen molar-refractivity contribution in [1.29, 1.82) is 0 Å². The summed E-state index contributed by atoms with van der Waals surface area (Å²) in [4.78, 5) is 22.6. The average Bonchev–Trinajstić information content (AvgIpc) is 2.44. The van der Waals surface area contributed by atoms with Gasteiger partial charge in [0, 0.05) is 10.8 Å². The first kappa shape index (κ1) is 13.7. The maximum atomic E-state index is 11.4. The highest BCUT2D eigenvalue weighted by atomic mass is 16.5. The van der Waals surface area contributed by atoms with E-state index in [0.717, 1.165) is 0 Å². The van der Waals surface area contributed by atoms with Crippen LogP contribution in [0.5, 0.6) is 11.5 Å². The van der Waals surface area contributed by atoms with Gasteiger partial charge in [-0.2, -0.15) is 0 Å². The second kappa shape index (κ2) is 5.08. The number of methoxy groups -OCH3 is 2. The minimum Gasteiger partial charge on any atom is -0.493 e. The van der Waals surface area contributed by atoms with Crippen LogP contribution in [0.25, 0.3) is 10.8 Å². The molecule has 0 fully saturated rings. The van der Waals surface area contributed by atoms with Crippen LogP contribution < -0.4 is 9.47 Å². The van der Waals surface area contributed by atoms with Crippen molar-refractivity contribution in [2.24, 2.45) is 0 Å². The molecule has 0 aliphatic rings. The molecule has 0 aromatic heterocycles. The van der Waals surface area contributed by atoms with Gasteiger partial charge in [-0.05, 0) is 12.1 Å². The van der Waals surface area contributed by atoms with Crippen LogP contribution in [0.3, 0.4) is 0 Å². The molecule has 0 radical (unpaired) electrons. The van der Waals surface area contributed by atoms with Crippen molar-refractivity contribution in [2.75, 3.05) is 14.2 Å². The minimum atomic E-state index is -1.23. The molecule has 0 atom stereocenters. The predicted octanol–water partition coefficient (Wildman–Crippen LogP) is 2.25. The Labute approximate surface area is 114 Å². The van der Waals surface area contributed by atoms with Gasteiger partial charge in [0.05, 0.1) is 25.3 Å². The van der Waals surface area contributed by atoms with Gasteiger partial charge < -0.3 is 19.7 Å². The lowest BCUT2D eigenvalue weighted by Gasteiger charge is -2.14. The Morgan fingerprint density at radius 3 is 2.15 bits per heavy atom. The summed E-state index contributed by atoms with van der Waals surface area (Å²) in [5, 5.41) is 19.0. The van der Waals surface area contributed by atoms with Crippen molar-refractivity contribution in [2.45, 2.75) is 0 Å². The van der Waals surface area contributed by atoms with Gasteiger partial charge in [-0.15, -0.1) is 0 Å². The molecule has 0 saturated carbocycles. The summed E-state index contributed by atoms with van der Waals surface area (Å²) in [6, 6.07) is 5.73. The van der Waals surface area contributed by atoms with Gasteiger partial charge >= 0.3 is 11.9 Å². The maximum absolute atomic E-state index is 11.4. The number of ether oxygens (including phenoxy) is 2. The van der Waals surface area contributed by atoms with E-state index in [4.69, 9.17) is 9.47 Å². The van der Waals surface area contributed by atoms with Gasteiger partial charge in [0.15, 0.2) is 11.5 Å². The summed E-state index contributed by atoms with van der Waals surface area (Å²) in [7, 11) is 2.79. The highest BCUT2D eigenvalue weighted by molar-refractivity contribution is 6.14. The quantitative estimate of drug-likeness (QED) is 0.889. The molecule has 104 valence electrons. The van der Waals surface area contributed by atoms with E-state index in [2.05, 4.69) is 0 Å². The molecular formula is C14H12O6. The summed E-state index contributed by atoms with van der Waals surface area (Å²) in [5.41, 5.74) is -0.239. The fraction of sp³-hybridized carbons (Fsp3) is 0.143. The molecule has 2 aromatic carbocycles. The minimum absolute atomic E-state index is 0.0964. The molecule has 0 unspecified atom stereocenters. The Bertz CT molecular complexity index is 704. The number of carboxylic acid groups (broad SMARTS) is 2. The van der Waals surface area contributed by atoms with Crippen molar-refractivity contribution in [1.82, 2.24) is 0 Å². The molecule has 2 N–H and O–H groups in total. The van der Waals surface area contributed by atoms with E-state index < -0.39 is 11.9 Å². The van der Waals surface area contributed by atoms with Crippen LogP contribution in [0, 0.1) is 0 Å². The topological polar surface area (TPSA) is 93.1 Å². The van der Waals surface area contributed by atoms with E-state index in [1.807, 2.05) is 0 Å². The number of carboxylic acids is 2. The van der Waals surface area contributed by atoms with Gasteiger partial charge in [0.25, 0.3) is 0 Å². The lowest BCUT2D eigenvalue weighted by atomic mass is 9.97. The average molecular weight is 276 g/mol. The molecule has 0 spiro atoms. The number of carbonyl (C=O) groups is 2. The van der Waals surface area contributed by atoms with E-state index in [1.165, 1.54) is 32.4 Å². The Balaban J connectivity index is 3.02. The Morgan fingerprint density at radius 1 is 1.00 bits per heavy atom. The fourth-order valence-electron chi connectivity index (χ4n) is 2.14. The molecule has 6 heteroatoms. The van der Waals surface area contributed by atoms with E-state index in [0.29, 0.717) is 11.1 Å². The van der Waals surface area contributed by atoms with Crippen molar-refractivity contribution in [3.8, 4) is 11.5 Å². The zero-order chi connectivity index (χ0) is 14.9. The third kappa shape index (κ3) is 2.01. The second-order valence-electron chi connectivity index (χ2n) is 4.00. The molecule has 0 aliphatic carbocycles. The van der Waals surface area contributed by atoms with Crippen LogP contribution in [-0.4, -0.2) is 36.4 Å². The summed E-state index contributed by atoms with van der Waals surface area (Å²) >= 11 is 0. The van der Waals surface area contributed by atoms with Gasteiger partial charge in [0.1, 0.15) is 0 Å². The molecule has 20 heavy (non-hydrogen) atoms. The molecule has 0 aliphatic heterocycles. The lowest BCUT2D eigenvalue weighted by molar-refractivity contribution is 0.0695. The number of benzene rings is 2. The molecule has 6 nitrogen and oxygen atoms in total.